The predicted molar refractivity (Wildman–Crippen MR) is 109 cm³/mol. The summed E-state index contributed by atoms with van der Waals surface area (Å²) in [6.07, 6.45) is 2.74. The van der Waals surface area contributed by atoms with Gasteiger partial charge < -0.3 is 20.5 Å². The van der Waals surface area contributed by atoms with E-state index in [0.29, 0.717) is 6.54 Å². The lowest BCUT2D eigenvalue weighted by atomic mass is 10.1. The summed E-state index contributed by atoms with van der Waals surface area (Å²) in [5, 5.41) is 7.63. The lowest BCUT2D eigenvalue weighted by Gasteiger charge is -2.14. The molecule has 0 aliphatic carbocycles. The fraction of sp³-hybridized carbons (Fsp3) is 0.300. The van der Waals surface area contributed by atoms with Gasteiger partial charge in [0.1, 0.15) is 11.6 Å². The van der Waals surface area contributed by atoms with E-state index in [1.807, 2.05) is 49.5 Å². The van der Waals surface area contributed by atoms with Crippen LogP contribution in [0.5, 0.6) is 0 Å². The van der Waals surface area contributed by atoms with Crippen molar-refractivity contribution in [1.29, 1.82) is 0 Å². The molecule has 2 heterocycles. The first-order valence-electron chi connectivity index (χ1n) is 8.90. The summed E-state index contributed by atoms with van der Waals surface area (Å²) in [7, 11) is 5.69. The summed E-state index contributed by atoms with van der Waals surface area (Å²) in [5.74, 6) is 1.41. The summed E-state index contributed by atoms with van der Waals surface area (Å²) in [6.45, 7) is 1.31. The normalized spacial score (nSPS) is 11.6. The Morgan fingerprint density at radius 3 is 2.85 bits per heavy atom. The van der Waals surface area contributed by atoms with Crippen molar-refractivity contribution in [2.24, 2.45) is 4.99 Å². The third kappa shape index (κ3) is 4.75. The second kappa shape index (κ2) is 8.53. The molecule has 0 atom stereocenters. The molecule has 2 aromatic heterocycles. The molecule has 6 nitrogen and oxygen atoms in total. The van der Waals surface area contributed by atoms with E-state index >= 15 is 0 Å². The van der Waals surface area contributed by atoms with Gasteiger partial charge in [0.15, 0.2) is 5.96 Å². The van der Waals surface area contributed by atoms with Crippen LogP contribution < -0.4 is 15.5 Å². The molecular formula is C20H25FN6. The standard InChI is InChI=1S/C20H25FN6/c1-22-20(25-13-16-5-4-6-19(26-16)27(2)3)23-10-9-14-12-24-18-11-15(21)7-8-17(14)18/h4-8,11-12,24H,9-10,13H2,1-3H3,(H2,22,23,25). The Hall–Kier alpha value is -3.09. The van der Waals surface area contributed by atoms with Gasteiger partial charge in [-0.1, -0.05) is 6.07 Å². The van der Waals surface area contributed by atoms with Gasteiger partial charge in [0.2, 0.25) is 0 Å². The predicted octanol–water partition coefficient (Wildman–Crippen LogP) is 2.68. The first-order chi connectivity index (χ1) is 13.1. The highest BCUT2D eigenvalue weighted by atomic mass is 19.1. The van der Waals surface area contributed by atoms with Gasteiger partial charge in [-0.3, -0.25) is 4.99 Å². The number of anilines is 1. The molecule has 0 fully saturated rings. The number of halogens is 1. The smallest absolute Gasteiger partial charge is 0.191 e. The Morgan fingerprint density at radius 1 is 1.22 bits per heavy atom. The van der Waals surface area contributed by atoms with Gasteiger partial charge in [-0.15, -0.1) is 0 Å². The number of nitrogens with zero attached hydrogens (tertiary/aromatic N) is 3. The highest BCUT2D eigenvalue weighted by Crippen LogP contribution is 2.19. The second-order valence-corrected chi connectivity index (χ2v) is 6.49. The number of hydrogen-bond donors (Lipinski definition) is 3. The number of aromatic amines is 1. The van der Waals surface area contributed by atoms with Crippen molar-refractivity contribution in [2.75, 3.05) is 32.6 Å². The van der Waals surface area contributed by atoms with Crippen LogP contribution in [0.1, 0.15) is 11.3 Å². The highest BCUT2D eigenvalue weighted by Gasteiger charge is 2.06. The number of aromatic nitrogens is 2. The SMILES string of the molecule is CN=C(NCCc1c[nH]c2cc(F)ccc12)NCc1cccc(N(C)C)n1. The van der Waals surface area contributed by atoms with Gasteiger partial charge in [0.25, 0.3) is 0 Å². The number of rotatable bonds is 6. The molecule has 3 rings (SSSR count). The first-order valence-corrected chi connectivity index (χ1v) is 8.90. The maximum atomic E-state index is 13.3. The maximum Gasteiger partial charge on any atom is 0.191 e. The monoisotopic (exact) mass is 368 g/mol. The molecule has 0 bridgehead atoms. The van der Waals surface area contributed by atoms with Crippen LogP contribution in [-0.4, -0.2) is 43.6 Å². The zero-order valence-corrected chi connectivity index (χ0v) is 15.9. The van der Waals surface area contributed by atoms with Crippen LogP contribution in [0.3, 0.4) is 0 Å². The number of aliphatic imine (C=N–C) groups is 1. The van der Waals surface area contributed by atoms with Gasteiger partial charge in [0, 0.05) is 44.8 Å². The molecule has 0 spiro atoms. The van der Waals surface area contributed by atoms with Crippen LogP contribution >= 0.6 is 0 Å². The molecule has 0 aliphatic heterocycles. The first kappa shape index (κ1) is 18.7. The van der Waals surface area contributed by atoms with Crippen molar-refractivity contribution >= 4 is 22.7 Å². The lowest BCUT2D eigenvalue weighted by molar-refractivity contribution is 0.629. The number of fused-ring (bicyclic) bond motifs is 1. The molecular weight excluding hydrogens is 343 g/mol. The number of nitrogens with one attached hydrogen (secondary N) is 3. The van der Waals surface area contributed by atoms with Gasteiger partial charge in [-0.25, -0.2) is 9.37 Å². The van der Waals surface area contributed by atoms with Crippen LogP contribution in [0.2, 0.25) is 0 Å². The number of benzene rings is 1. The Morgan fingerprint density at radius 2 is 2.07 bits per heavy atom. The minimum atomic E-state index is -0.231. The van der Waals surface area contributed by atoms with E-state index in [9.17, 15) is 4.39 Å². The molecule has 142 valence electrons. The lowest BCUT2D eigenvalue weighted by Crippen LogP contribution is -2.38. The van der Waals surface area contributed by atoms with Gasteiger partial charge in [-0.2, -0.15) is 0 Å². The molecule has 0 amide bonds. The van der Waals surface area contributed by atoms with Gasteiger partial charge >= 0.3 is 0 Å². The molecule has 0 saturated heterocycles. The van der Waals surface area contributed by atoms with Gasteiger partial charge in [0.05, 0.1) is 12.2 Å². The van der Waals surface area contributed by atoms with E-state index in [4.69, 9.17) is 0 Å². The molecule has 7 heteroatoms. The van der Waals surface area contributed by atoms with Crippen LogP contribution in [0.4, 0.5) is 10.2 Å². The van der Waals surface area contributed by atoms with Crippen molar-refractivity contribution < 1.29 is 4.39 Å². The zero-order chi connectivity index (χ0) is 19.2. The minimum Gasteiger partial charge on any atom is -0.363 e. The van der Waals surface area contributed by atoms with Crippen molar-refractivity contribution in [1.82, 2.24) is 20.6 Å². The topological polar surface area (TPSA) is 68.3 Å². The van der Waals surface area contributed by atoms with Crippen molar-refractivity contribution in [3.8, 4) is 0 Å². The average Bonchev–Trinajstić information content (AvgIpc) is 3.06. The molecule has 0 unspecified atom stereocenters. The third-order valence-electron chi connectivity index (χ3n) is 4.33. The Labute approximate surface area is 158 Å². The van der Waals surface area contributed by atoms with Crippen LogP contribution in [0.25, 0.3) is 10.9 Å². The van der Waals surface area contributed by atoms with E-state index in [1.54, 1.807) is 7.05 Å². The fourth-order valence-electron chi connectivity index (χ4n) is 2.89. The summed E-state index contributed by atoms with van der Waals surface area (Å²) in [4.78, 5) is 13.9. The Kier molecular flexibility index (Phi) is 5.90. The van der Waals surface area contributed by atoms with E-state index in [1.165, 1.54) is 12.1 Å². The third-order valence-corrected chi connectivity index (χ3v) is 4.33. The van der Waals surface area contributed by atoms with Crippen molar-refractivity contribution in [2.45, 2.75) is 13.0 Å². The number of H-pyrrole nitrogens is 1. The summed E-state index contributed by atoms with van der Waals surface area (Å²) in [6, 6.07) is 10.8. The largest absolute Gasteiger partial charge is 0.363 e. The fourth-order valence-corrected chi connectivity index (χ4v) is 2.89. The molecule has 3 aromatic rings. The summed E-state index contributed by atoms with van der Waals surface area (Å²) in [5.41, 5.74) is 2.91. The van der Waals surface area contributed by atoms with Crippen LogP contribution in [0, 0.1) is 5.82 Å². The van der Waals surface area contributed by atoms with E-state index in [-0.39, 0.29) is 5.82 Å². The maximum absolute atomic E-state index is 13.3. The Bertz CT molecular complexity index is 931. The number of pyridine rings is 1. The number of guanidine groups is 1. The minimum absolute atomic E-state index is 0.231. The molecule has 1 aromatic carbocycles. The molecule has 3 N–H and O–H groups in total. The highest BCUT2D eigenvalue weighted by molar-refractivity contribution is 5.83. The second-order valence-electron chi connectivity index (χ2n) is 6.49. The van der Waals surface area contributed by atoms with Crippen LogP contribution in [0.15, 0.2) is 47.6 Å². The summed E-state index contributed by atoms with van der Waals surface area (Å²) >= 11 is 0. The summed E-state index contributed by atoms with van der Waals surface area (Å²) < 4.78 is 13.3. The number of hydrogen-bond acceptors (Lipinski definition) is 3. The average molecular weight is 368 g/mol. The molecule has 27 heavy (non-hydrogen) atoms. The molecule has 0 aliphatic rings. The molecule has 0 saturated carbocycles. The zero-order valence-electron chi connectivity index (χ0n) is 15.9. The van der Waals surface area contributed by atoms with Crippen LogP contribution in [-0.2, 0) is 13.0 Å². The van der Waals surface area contributed by atoms with E-state index in [0.717, 1.165) is 46.9 Å². The quantitative estimate of drug-likeness (QED) is 0.462. The van der Waals surface area contributed by atoms with E-state index in [2.05, 4.69) is 25.6 Å². The van der Waals surface area contributed by atoms with Crippen molar-refractivity contribution in [3.63, 3.8) is 0 Å². The molecule has 0 radical (unpaired) electrons. The van der Waals surface area contributed by atoms with E-state index < -0.39 is 0 Å². The van der Waals surface area contributed by atoms with Gasteiger partial charge in [-0.05, 0) is 42.3 Å². The van der Waals surface area contributed by atoms with Crippen molar-refractivity contribution in [3.05, 3.63) is 59.7 Å². The Balaban J connectivity index is 1.52.